The predicted molar refractivity (Wildman–Crippen MR) is 59.3 cm³/mol. The van der Waals surface area contributed by atoms with Crippen LogP contribution in [0.25, 0.3) is 0 Å². The van der Waals surface area contributed by atoms with Crippen LogP contribution in [0, 0.1) is 5.82 Å². The standard InChI is InChI=1S/C12H16FNO2/c1-16-12(15)7-6-11(14)8-9-2-4-10(13)5-3-9/h2-5,11H,6-8,14H2,1H3. The number of carbonyl (C=O) groups excluding carboxylic acids is 1. The summed E-state index contributed by atoms with van der Waals surface area (Å²) in [6, 6.07) is 6.11. The van der Waals surface area contributed by atoms with E-state index in [-0.39, 0.29) is 17.8 Å². The molecule has 16 heavy (non-hydrogen) atoms. The van der Waals surface area contributed by atoms with Gasteiger partial charge < -0.3 is 10.5 Å². The SMILES string of the molecule is COC(=O)CCC(N)Cc1ccc(F)cc1. The minimum Gasteiger partial charge on any atom is -0.469 e. The molecule has 0 saturated carbocycles. The number of methoxy groups -OCH3 is 1. The molecule has 1 aromatic carbocycles. The van der Waals surface area contributed by atoms with Gasteiger partial charge in [-0.15, -0.1) is 0 Å². The minimum absolute atomic E-state index is 0.107. The fourth-order valence-corrected chi connectivity index (χ4v) is 1.43. The molecule has 0 fully saturated rings. The molecule has 88 valence electrons. The van der Waals surface area contributed by atoms with Crippen LogP contribution in [0.1, 0.15) is 18.4 Å². The number of carbonyl (C=O) groups is 1. The second kappa shape index (κ2) is 6.23. The first-order chi connectivity index (χ1) is 7.61. The van der Waals surface area contributed by atoms with Crippen LogP contribution in [0.4, 0.5) is 4.39 Å². The third-order valence-corrected chi connectivity index (χ3v) is 2.36. The number of rotatable bonds is 5. The lowest BCUT2D eigenvalue weighted by Gasteiger charge is -2.10. The zero-order chi connectivity index (χ0) is 12.0. The van der Waals surface area contributed by atoms with Crippen LogP contribution in [0.5, 0.6) is 0 Å². The van der Waals surface area contributed by atoms with E-state index in [0.717, 1.165) is 5.56 Å². The Bertz CT molecular complexity index is 337. The lowest BCUT2D eigenvalue weighted by molar-refractivity contribution is -0.140. The van der Waals surface area contributed by atoms with Crippen LogP contribution in [-0.2, 0) is 16.0 Å². The highest BCUT2D eigenvalue weighted by molar-refractivity contribution is 5.69. The zero-order valence-corrected chi connectivity index (χ0v) is 9.28. The molecule has 3 nitrogen and oxygen atoms in total. The summed E-state index contributed by atoms with van der Waals surface area (Å²) in [4.78, 5) is 10.9. The summed E-state index contributed by atoms with van der Waals surface area (Å²) < 4.78 is 17.2. The van der Waals surface area contributed by atoms with Crippen molar-refractivity contribution in [2.45, 2.75) is 25.3 Å². The first kappa shape index (κ1) is 12.6. The van der Waals surface area contributed by atoms with Crippen molar-refractivity contribution < 1.29 is 13.9 Å². The number of nitrogens with two attached hydrogens (primary N) is 1. The molecule has 0 aliphatic rings. The van der Waals surface area contributed by atoms with Gasteiger partial charge in [-0.25, -0.2) is 4.39 Å². The predicted octanol–water partition coefficient (Wildman–Crippen LogP) is 1.65. The Labute approximate surface area is 94.4 Å². The summed E-state index contributed by atoms with van der Waals surface area (Å²) >= 11 is 0. The topological polar surface area (TPSA) is 52.3 Å². The number of hydrogen-bond acceptors (Lipinski definition) is 3. The molecule has 4 heteroatoms. The lowest BCUT2D eigenvalue weighted by atomic mass is 10.0. The number of esters is 1. The smallest absolute Gasteiger partial charge is 0.305 e. The quantitative estimate of drug-likeness (QED) is 0.775. The second-order valence-electron chi connectivity index (χ2n) is 3.71. The number of ether oxygens (including phenoxy) is 1. The van der Waals surface area contributed by atoms with Crippen molar-refractivity contribution in [3.8, 4) is 0 Å². The molecule has 0 heterocycles. The normalized spacial score (nSPS) is 12.2. The van der Waals surface area contributed by atoms with Crippen LogP contribution in [-0.4, -0.2) is 19.1 Å². The van der Waals surface area contributed by atoms with E-state index in [1.807, 2.05) is 0 Å². The van der Waals surface area contributed by atoms with Gasteiger partial charge in [-0.2, -0.15) is 0 Å². The highest BCUT2D eigenvalue weighted by atomic mass is 19.1. The maximum atomic E-state index is 12.6. The third-order valence-electron chi connectivity index (χ3n) is 2.36. The van der Waals surface area contributed by atoms with Gasteiger partial charge >= 0.3 is 5.97 Å². The molecule has 0 amide bonds. The molecule has 0 spiro atoms. The van der Waals surface area contributed by atoms with Crippen LogP contribution < -0.4 is 5.73 Å². The average Bonchev–Trinajstić information content (AvgIpc) is 2.29. The Morgan fingerprint density at radius 1 is 1.44 bits per heavy atom. The van der Waals surface area contributed by atoms with Gasteiger partial charge in [-0.05, 0) is 30.5 Å². The summed E-state index contributed by atoms with van der Waals surface area (Å²) in [5.41, 5.74) is 6.82. The van der Waals surface area contributed by atoms with Crippen molar-refractivity contribution in [1.82, 2.24) is 0 Å². The van der Waals surface area contributed by atoms with Gasteiger partial charge in [0.15, 0.2) is 0 Å². The Hall–Kier alpha value is -1.42. The van der Waals surface area contributed by atoms with Crippen LogP contribution in [0.15, 0.2) is 24.3 Å². The molecule has 0 radical (unpaired) electrons. The molecule has 1 rings (SSSR count). The number of hydrogen-bond donors (Lipinski definition) is 1. The van der Waals surface area contributed by atoms with E-state index in [1.54, 1.807) is 12.1 Å². The lowest BCUT2D eigenvalue weighted by Crippen LogP contribution is -2.24. The van der Waals surface area contributed by atoms with Crippen molar-refractivity contribution >= 4 is 5.97 Å². The fourth-order valence-electron chi connectivity index (χ4n) is 1.43. The van der Waals surface area contributed by atoms with E-state index < -0.39 is 0 Å². The van der Waals surface area contributed by atoms with Crippen molar-refractivity contribution in [3.63, 3.8) is 0 Å². The molecule has 0 aliphatic heterocycles. The van der Waals surface area contributed by atoms with Gasteiger partial charge in [-0.3, -0.25) is 4.79 Å². The molecular weight excluding hydrogens is 209 g/mol. The molecule has 0 saturated heterocycles. The van der Waals surface area contributed by atoms with Crippen molar-refractivity contribution in [2.24, 2.45) is 5.73 Å². The molecule has 0 aromatic heterocycles. The van der Waals surface area contributed by atoms with E-state index in [1.165, 1.54) is 19.2 Å². The van der Waals surface area contributed by atoms with Gasteiger partial charge in [0.1, 0.15) is 5.82 Å². The third kappa shape index (κ3) is 4.40. The molecule has 1 aromatic rings. The first-order valence-corrected chi connectivity index (χ1v) is 5.18. The fraction of sp³-hybridized carbons (Fsp3) is 0.417. The van der Waals surface area contributed by atoms with Gasteiger partial charge in [0.2, 0.25) is 0 Å². The monoisotopic (exact) mass is 225 g/mol. The summed E-state index contributed by atoms with van der Waals surface area (Å²) in [5.74, 6) is -0.513. The molecule has 1 unspecified atom stereocenters. The van der Waals surface area contributed by atoms with Crippen LogP contribution in [0.2, 0.25) is 0 Å². The van der Waals surface area contributed by atoms with E-state index in [0.29, 0.717) is 19.3 Å². The second-order valence-corrected chi connectivity index (χ2v) is 3.71. The van der Waals surface area contributed by atoms with Gasteiger partial charge in [0, 0.05) is 12.5 Å². The zero-order valence-electron chi connectivity index (χ0n) is 9.28. The molecule has 2 N–H and O–H groups in total. The van der Waals surface area contributed by atoms with Gasteiger partial charge in [-0.1, -0.05) is 12.1 Å². The maximum Gasteiger partial charge on any atom is 0.305 e. The Morgan fingerprint density at radius 2 is 2.06 bits per heavy atom. The van der Waals surface area contributed by atoms with E-state index in [4.69, 9.17) is 5.73 Å². The largest absolute Gasteiger partial charge is 0.469 e. The van der Waals surface area contributed by atoms with Crippen LogP contribution in [0.3, 0.4) is 0 Å². The molecule has 0 aliphatic carbocycles. The molecule has 0 bridgehead atoms. The van der Waals surface area contributed by atoms with Gasteiger partial charge in [0.05, 0.1) is 7.11 Å². The summed E-state index contributed by atoms with van der Waals surface area (Å²) in [7, 11) is 1.35. The van der Waals surface area contributed by atoms with Crippen molar-refractivity contribution in [3.05, 3.63) is 35.6 Å². The van der Waals surface area contributed by atoms with Crippen LogP contribution >= 0.6 is 0 Å². The van der Waals surface area contributed by atoms with Crippen molar-refractivity contribution in [2.75, 3.05) is 7.11 Å². The highest BCUT2D eigenvalue weighted by Gasteiger charge is 2.07. The van der Waals surface area contributed by atoms with Gasteiger partial charge in [0.25, 0.3) is 0 Å². The molecular formula is C12H16FNO2. The highest BCUT2D eigenvalue weighted by Crippen LogP contribution is 2.08. The Balaban J connectivity index is 2.36. The van der Waals surface area contributed by atoms with E-state index >= 15 is 0 Å². The van der Waals surface area contributed by atoms with E-state index in [9.17, 15) is 9.18 Å². The molecule has 1 atom stereocenters. The van der Waals surface area contributed by atoms with Crippen molar-refractivity contribution in [1.29, 1.82) is 0 Å². The number of benzene rings is 1. The average molecular weight is 225 g/mol. The maximum absolute atomic E-state index is 12.6. The Kier molecular flexibility index (Phi) is 4.92. The summed E-state index contributed by atoms with van der Waals surface area (Å²) in [5, 5.41) is 0. The van der Waals surface area contributed by atoms with E-state index in [2.05, 4.69) is 4.74 Å². The minimum atomic E-state index is -0.258. The number of halogens is 1. The first-order valence-electron chi connectivity index (χ1n) is 5.18. The summed E-state index contributed by atoms with van der Waals surface area (Å²) in [6.07, 6.45) is 1.53. The summed E-state index contributed by atoms with van der Waals surface area (Å²) in [6.45, 7) is 0. The Morgan fingerprint density at radius 3 is 2.62 bits per heavy atom.